The number of rotatable bonds is 6. The zero-order chi connectivity index (χ0) is 14.5. The first-order chi connectivity index (χ1) is 8.90. The second-order valence-corrected chi connectivity index (χ2v) is 5.92. The van der Waals surface area contributed by atoms with Crippen molar-refractivity contribution in [1.82, 2.24) is 0 Å². The fraction of sp³-hybridized carbons (Fsp3) is 0.625. The Balaban J connectivity index is 2.84. The van der Waals surface area contributed by atoms with E-state index in [4.69, 9.17) is 15.2 Å². The first-order valence-electron chi connectivity index (χ1n) is 6.89. The summed E-state index contributed by atoms with van der Waals surface area (Å²) < 4.78 is 11.2. The van der Waals surface area contributed by atoms with E-state index in [0.29, 0.717) is 6.61 Å². The number of ether oxygens (including phenoxy) is 2. The van der Waals surface area contributed by atoms with Crippen LogP contribution in [0.25, 0.3) is 0 Å². The van der Waals surface area contributed by atoms with Crippen molar-refractivity contribution < 1.29 is 9.47 Å². The minimum absolute atomic E-state index is 0.0252. The van der Waals surface area contributed by atoms with Crippen LogP contribution in [-0.4, -0.2) is 25.9 Å². The first-order valence-corrected chi connectivity index (χ1v) is 6.89. The van der Waals surface area contributed by atoms with Gasteiger partial charge in [0.25, 0.3) is 0 Å². The van der Waals surface area contributed by atoms with E-state index in [1.165, 1.54) is 0 Å². The summed E-state index contributed by atoms with van der Waals surface area (Å²) in [5.74, 6) is 0.891. The van der Waals surface area contributed by atoms with Gasteiger partial charge < -0.3 is 15.2 Å². The van der Waals surface area contributed by atoms with Crippen LogP contribution in [0.3, 0.4) is 0 Å². The molecule has 0 radical (unpaired) electrons. The minimum atomic E-state index is -0.0451. The molecule has 19 heavy (non-hydrogen) atoms. The van der Waals surface area contributed by atoms with Crippen molar-refractivity contribution in [3.8, 4) is 5.75 Å². The van der Waals surface area contributed by atoms with Crippen molar-refractivity contribution in [1.29, 1.82) is 0 Å². The van der Waals surface area contributed by atoms with Gasteiger partial charge in [0.2, 0.25) is 0 Å². The van der Waals surface area contributed by atoms with Crippen molar-refractivity contribution in [2.75, 3.05) is 13.7 Å². The Morgan fingerprint density at radius 1 is 1.21 bits per heavy atom. The predicted molar refractivity (Wildman–Crippen MR) is 79.5 cm³/mol. The van der Waals surface area contributed by atoms with Crippen LogP contribution in [0.5, 0.6) is 5.75 Å². The largest absolute Gasteiger partial charge is 0.496 e. The molecule has 0 saturated heterocycles. The Bertz CT molecular complexity index is 385. The SMILES string of the molecule is CCOC(C(N)Cc1ccccc1OC)C(C)(C)C. The van der Waals surface area contributed by atoms with Gasteiger partial charge >= 0.3 is 0 Å². The third kappa shape index (κ3) is 4.51. The molecule has 1 aromatic rings. The van der Waals surface area contributed by atoms with Gasteiger partial charge in [-0.3, -0.25) is 0 Å². The van der Waals surface area contributed by atoms with E-state index in [9.17, 15) is 0 Å². The van der Waals surface area contributed by atoms with Crippen LogP contribution in [0.1, 0.15) is 33.3 Å². The van der Waals surface area contributed by atoms with Gasteiger partial charge in [0.1, 0.15) is 5.75 Å². The molecular formula is C16H27NO2. The summed E-state index contributed by atoms with van der Waals surface area (Å²) in [5.41, 5.74) is 7.52. The Morgan fingerprint density at radius 3 is 2.37 bits per heavy atom. The van der Waals surface area contributed by atoms with Crippen molar-refractivity contribution >= 4 is 0 Å². The van der Waals surface area contributed by atoms with E-state index in [2.05, 4.69) is 26.8 Å². The number of benzene rings is 1. The number of hydrogen-bond acceptors (Lipinski definition) is 3. The molecule has 0 fully saturated rings. The quantitative estimate of drug-likeness (QED) is 0.860. The molecule has 0 aliphatic heterocycles. The van der Waals surface area contributed by atoms with E-state index < -0.39 is 0 Å². The smallest absolute Gasteiger partial charge is 0.122 e. The average Bonchev–Trinajstić information content (AvgIpc) is 2.35. The number of hydrogen-bond donors (Lipinski definition) is 1. The molecule has 2 N–H and O–H groups in total. The summed E-state index contributed by atoms with van der Waals surface area (Å²) in [7, 11) is 1.69. The van der Waals surface area contributed by atoms with Crippen LogP contribution in [0, 0.1) is 5.41 Å². The molecule has 3 heteroatoms. The van der Waals surface area contributed by atoms with E-state index in [1.54, 1.807) is 7.11 Å². The zero-order valence-corrected chi connectivity index (χ0v) is 12.8. The highest BCUT2D eigenvalue weighted by molar-refractivity contribution is 5.34. The standard InChI is InChI=1S/C16H27NO2/c1-6-19-15(16(2,3)4)13(17)11-12-9-7-8-10-14(12)18-5/h7-10,13,15H,6,11,17H2,1-5H3. The maximum absolute atomic E-state index is 6.37. The summed E-state index contributed by atoms with van der Waals surface area (Å²) in [6, 6.07) is 7.96. The lowest BCUT2D eigenvalue weighted by atomic mass is 9.82. The molecule has 2 atom stereocenters. The van der Waals surface area contributed by atoms with Crippen LogP contribution < -0.4 is 10.5 Å². The summed E-state index contributed by atoms with van der Waals surface area (Å²) in [6.07, 6.45) is 0.786. The lowest BCUT2D eigenvalue weighted by Crippen LogP contribution is -2.46. The molecule has 0 amide bonds. The summed E-state index contributed by atoms with van der Waals surface area (Å²) in [4.78, 5) is 0. The Labute approximate surface area is 117 Å². The van der Waals surface area contributed by atoms with E-state index >= 15 is 0 Å². The fourth-order valence-corrected chi connectivity index (χ4v) is 2.43. The molecule has 1 aromatic carbocycles. The summed E-state index contributed by atoms with van der Waals surface area (Å²) in [5, 5.41) is 0. The molecule has 0 aromatic heterocycles. The molecule has 2 unspecified atom stereocenters. The van der Waals surface area contributed by atoms with Crippen LogP contribution in [-0.2, 0) is 11.2 Å². The maximum atomic E-state index is 6.37. The monoisotopic (exact) mass is 265 g/mol. The van der Waals surface area contributed by atoms with Gasteiger partial charge in [-0.15, -0.1) is 0 Å². The van der Waals surface area contributed by atoms with Crippen molar-refractivity contribution in [3.63, 3.8) is 0 Å². The van der Waals surface area contributed by atoms with Crippen LogP contribution in [0.15, 0.2) is 24.3 Å². The maximum Gasteiger partial charge on any atom is 0.122 e. The summed E-state index contributed by atoms with van der Waals surface area (Å²) >= 11 is 0. The van der Waals surface area contributed by atoms with Crippen LogP contribution in [0.4, 0.5) is 0 Å². The van der Waals surface area contributed by atoms with E-state index in [-0.39, 0.29) is 17.6 Å². The second kappa shape index (κ2) is 6.92. The normalized spacial score (nSPS) is 15.1. The molecule has 0 saturated carbocycles. The van der Waals surface area contributed by atoms with E-state index in [1.807, 2.05) is 25.1 Å². The molecule has 0 spiro atoms. The highest BCUT2D eigenvalue weighted by atomic mass is 16.5. The molecule has 108 valence electrons. The lowest BCUT2D eigenvalue weighted by molar-refractivity contribution is -0.0275. The Hall–Kier alpha value is -1.06. The first kappa shape index (κ1) is 16.0. The summed E-state index contributed by atoms with van der Waals surface area (Å²) in [6.45, 7) is 9.18. The van der Waals surface area contributed by atoms with Gasteiger partial charge in [-0.2, -0.15) is 0 Å². The van der Waals surface area contributed by atoms with Gasteiger partial charge in [0.15, 0.2) is 0 Å². The van der Waals surface area contributed by atoms with Gasteiger partial charge in [-0.1, -0.05) is 39.0 Å². The Morgan fingerprint density at radius 2 is 1.84 bits per heavy atom. The van der Waals surface area contributed by atoms with Gasteiger partial charge in [0, 0.05) is 12.6 Å². The highest BCUT2D eigenvalue weighted by Gasteiger charge is 2.31. The molecule has 0 heterocycles. The molecule has 0 bridgehead atoms. The van der Waals surface area contributed by atoms with Crippen molar-refractivity contribution in [2.24, 2.45) is 11.1 Å². The van der Waals surface area contributed by atoms with Crippen molar-refractivity contribution in [2.45, 2.75) is 46.3 Å². The second-order valence-electron chi connectivity index (χ2n) is 5.92. The number of methoxy groups -OCH3 is 1. The third-order valence-corrected chi connectivity index (χ3v) is 3.24. The lowest BCUT2D eigenvalue weighted by Gasteiger charge is -2.35. The number of nitrogens with two attached hydrogens (primary N) is 1. The van der Waals surface area contributed by atoms with Gasteiger partial charge in [0.05, 0.1) is 13.2 Å². The molecule has 3 nitrogen and oxygen atoms in total. The fourth-order valence-electron chi connectivity index (χ4n) is 2.43. The van der Waals surface area contributed by atoms with Gasteiger partial charge in [-0.25, -0.2) is 0 Å². The number of para-hydroxylation sites is 1. The topological polar surface area (TPSA) is 44.5 Å². The predicted octanol–water partition coefficient (Wildman–Crippen LogP) is 3.02. The zero-order valence-electron chi connectivity index (χ0n) is 12.8. The van der Waals surface area contributed by atoms with Crippen molar-refractivity contribution in [3.05, 3.63) is 29.8 Å². The van der Waals surface area contributed by atoms with Crippen LogP contribution in [0.2, 0.25) is 0 Å². The Kier molecular flexibility index (Phi) is 5.83. The third-order valence-electron chi connectivity index (χ3n) is 3.24. The molecule has 0 aliphatic rings. The van der Waals surface area contributed by atoms with Crippen LogP contribution >= 0.6 is 0 Å². The molecular weight excluding hydrogens is 238 g/mol. The van der Waals surface area contributed by atoms with Gasteiger partial charge in [-0.05, 0) is 30.4 Å². The molecule has 0 aliphatic carbocycles. The average molecular weight is 265 g/mol. The highest BCUT2D eigenvalue weighted by Crippen LogP contribution is 2.27. The molecule has 1 rings (SSSR count). The van der Waals surface area contributed by atoms with E-state index in [0.717, 1.165) is 17.7 Å². The minimum Gasteiger partial charge on any atom is -0.496 e.